The zero-order valence-electron chi connectivity index (χ0n) is 8.33. The van der Waals surface area contributed by atoms with Crippen molar-refractivity contribution in [1.29, 1.82) is 0 Å². The summed E-state index contributed by atoms with van der Waals surface area (Å²) in [7, 11) is 0. The van der Waals surface area contributed by atoms with Gasteiger partial charge in [0.25, 0.3) is 5.92 Å². The lowest BCUT2D eigenvalue weighted by Gasteiger charge is -2.15. The van der Waals surface area contributed by atoms with Crippen molar-refractivity contribution in [2.75, 3.05) is 0 Å². The van der Waals surface area contributed by atoms with Gasteiger partial charge in [0.1, 0.15) is 0 Å². The number of thiophene rings is 1. The molecule has 0 atom stereocenters. The van der Waals surface area contributed by atoms with Gasteiger partial charge in [-0.1, -0.05) is 19.8 Å². The van der Waals surface area contributed by atoms with Gasteiger partial charge < -0.3 is 0 Å². The molecule has 1 aromatic heterocycles. The topological polar surface area (TPSA) is 0 Å². The highest BCUT2D eigenvalue weighted by molar-refractivity contribution is 9.12. The SMILES string of the molecule is CCCCCC(F)(F)c1cc(Br)sc1Br. The van der Waals surface area contributed by atoms with Crippen LogP contribution in [0.25, 0.3) is 0 Å². The molecule has 0 saturated heterocycles. The van der Waals surface area contributed by atoms with E-state index in [1.165, 1.54) is 17.4 Å². The predicted molar refractivity (Wildman–Crippen MR) is 67.8 cm³/mol. The molecule has 1 heterocycles. The third-order valence-corrected chi connectivity index (χ3v) is 4.48. The standard InChI is InChI=1S/C10H12Br2F2S/c1-2-3-4-5-10(13,14)7-6-8(11)15-9(7)12/h6H,2-5H2,1H3. The Labute approximate surface area is 109 Å². The van der Waals surface area contributed by atoms with Crippen LogP contribution < -0.4 is 0 Å². The van der Waals surface area contributed by atoms with Gasteiger partial charge in [0, 0.05) is 12.0 Å². The summed E-state index contributed by atoms with van der Waals surface area (Å²) < 4.78 is 28.7. The lowest BCUT2D eigenvalue weighted by molar-refractivity contribution is -0.0159. The van der Waals surface area contributed by atoms with Crippen molar-refractivity contribution in [1.82, 2.24) is 0 Å². The first-order chi connectivity index (χ1) is 6.97. The van der Waals surface area contributed by atoms with E-state index in [0.717, 1.165) is 16.6 Å². The minimum atomic E-state index is -2.71. The monoisotopic (exact) mass is 360 g/mol. The van der Waals surface area contributed by atoms with Crippen molar-refractivity contribution in [3.8, 4) is 0 Å². The van der Waals surface area contributed by atoms with Crippen LogP contribution in [-0.2, 0) is 5.92 Å². The molecule has 0 bridgehead atoms. The van der Waals surface area contributed by atoms with Gasteiger partial charge in [-0.25, -0.2) is 8.78 Å². The van der Waals surface area contributed by atoms with E-state index in [9.17, 15) is 8.78 Å². The fraction of sp³-hybridized carbons (Fsp3) is 0.600. The van der Waals surface area contributed by atoms with Gasteiger partial charge in [-0.2, -0.15) is 0 Å². The molecule has 0 aromatic carbocycles. The second-order valence-corrected chi connectivity index (χ2v) is 7.15. The van der Waals surface area contributed by atoms with Crippen molar-refractivity contribution in [2.45, 2.75) is 38.5 Å². The van der Waals surface area contributed by atoms with Gasteiger partial charge in [-0.3, -0.25) is 0 Å². The molecule has 1 aromatic rings. The van der Waals surface area contributed by atoms with Crippen molar-refractivity contribution in [3.05, 3.63) is 19.2 Å². The Bertz CT molecular complexity index is 323. The summed E-state index contributed by atoms with van der Waals surface area (Å²) in [6.07, 6.45) is 2.33. The third kappa shape index (κ3) is 3.79. The van der Waals surface area contributed by atoms with Crippen LogP contribution in [0.2, 0.25) is 0 Å². The quantitative estimate of drug-likeness (QED) is 0.569. The summed E-state index contributed by atoms with van der Waals surface area (Å²) in [6.45, 7) is 2.01. The molecule has 0 fully saturated rings. The van der Waals surface area contributed by atoms with E-state index in [2.05, 4.69) is 31.9 Å². The molecule has 5 heteroatoms. The van der Waals surface area contributed by atoms with Crippen LogP contribution in [0, 0.1) is 0 Å². The van der Waals surface area contributed by atoms with Gasteiger partial charge in [0.2, 0.25) is 0 Å². The Morgan fingerprint density at radius 1 is 1.33 bits per heavy atom. The summed E-state index contributed by atoms with van der Waals surface area (Å²) in [6, 6.07) is 1.50. The van der Waals surface area contributed by atoms with Crippen molar-refractivity contribution in [2.24, 2.45) is 0 Å². The van der Waals surface area contributed by atoms with Crippen molar-refractivity contribution in [3.63, 3.8) is 0 Å². The Morgan fingerprint density at radius 3 is 2.47 bits per heavy atom. The zero-order chi connectivity index (χ0) is 11.5. The minimum Gasteiger partial charge on any atom is -0.201 e. The Balaban J connectivity index is 2.71. The average Bonchev–Trinajstić information content (AvgIpc) is 2.46. The third-order valence-electron chi connectivity index (χ3n) is 2.15. The predicted octanol–water partition coefficient (Wildman–Crippen LogP) is 5.95. The molecular formula is C10H12Br2F2S. The highest BCUT2D eigenvalue weighted by Crippen LogP contribution is 2.43. The van der Waals surface area contributed by atoms with Gasteiger partial charge in [-0.05, 0) is 44.3 Å². The highest BCUT2D eigenvalue weighted by atomic mass is 79.9. The van der Waals surface area contributed by atoms with Crippen LogP contribution in [0.1, 0.15) is 38.2 Å². The first kappa shape index (κ1) is 13.6. The van der Waals surface area contributed by atoms with Crippen LogP contribution in [0.3, 0.4) is 0 Å². The molecule has 0 aliphatic heterocycles. The maximum Gasteiger partial charge on any atom is 0.275 e. The fourth-order valence-corrected chi connectivity index (χ4v) is 4.28. The van der Waals surface area contributed by atoms with E-state index in [0.29, 0.717) is 10.2 Å². The Hall–Kier alpha value is 0.520. The molecule has 1 rings (SSSR count). The van der Waals surface area contributed by atoms with Crippen molar-refractivity contribution < 1.29 is 8.78 Å². The molecule has 0 unspecified atom stereocenters. The van der Waals surface area contributed by atoms with Crippen LogP contribution in [-0.4, -0.2) is 0 Å². The lowest BCUT2D eigenvalue weighted by Crippen LogP contribution is -2.12. The van der Waals surface area contributed by atoms with E-state index in [4.69, 9.17) is 0 Å². The average molecular weight is 362 g/mol. The molecule has 0 spiro atoms. The Kier molecular flexibility index (Phi) is 5.19. The van der Waals surface area contributed by atoms with Crippen LogP contribution in [0.4, 0.5) is 8.78 Å². The number of rotatable bonds is 5. The first-order valence-electron chi connectivity index (χ1n) is 4.80. The fourth-order valence-electron chi connectivity index (χ4n) is 1.32. The maximum absolute atomic E-state index is 13.7. The summed E-state index contributed by atoms with van der Waals surface area (Å²) in [4.78, 5) is 0. The normalized spacial score (nSPS) is 12.1. The molecule has 86 valence electrons. The molecule has 0 aliphatic rings. The van der Waals surface area contributed by atoms with E-state index in [1.807, 2.05) is 6.92 Å². The summed E-state index contributed by atoms with van der Waals surface area (Å²) in [5, 5.41) is 0. The Morgan fingerprint density at radius 2 is 2.00 bits per heavy atom. The molecule has 0 N–H and O–H groups in total. The number of alkyl halides is 2. The van der Waals surface area contributed by atoms with E-state index >= 15 is 0 Å². The highest BCUT2D eigenvalue weighted by Gasteiger charge is 2.34. The maximum atomic E-state index is 13.7. The van der Waals surface area contributed by atoms with E-state index in [-0.39, 0.29) is 12.0 Å². The van der Waals surface area contributed by atoms with Gasteiger partial charge >= 0.3 is 0 Å². The van der Waals surface area contributed by atoms with Gasteiger partial charge in [0.05, 0.1) is 7.57 Å². The minimum absolute atomic E-state index is 0.0669. The molecule has 0 aliphatic carbocycles. The van der Waals surface area contributed by atoms with Gasteiger partial charge in [0.15, 0.2) is 0 Å². The number of unbranched alkanes of at least 4 members (excludes halogenated alkanes) is 2. The molecular weight excluding hydrogens is 350 g/mol. The lowest BCUT2D eigenvalue weighted by atomic mass is 10.1. The number of halogens is 4. The summed E-state index contributed by atoms with van der Waals surface area (Å²) in [5.74, 6) is -2.71. The van der Waals surface area contributed by atoms with Gasteiger partial charge in [-0.15, -0.1) is 11.3 Å². The van der Waals surface area contributed by atoms with Crippen LogP contribution in [0.5, 0.6) is 0 Å². The molecule has 15 heavy (non-hydrogen) atoms. The summed E-state index contributed by atoms with van der Waals surface area (Å²) in [5.41, 5.74) is 0.107. The zero-order valence-corrected chi connectivity index (χ0v) is 12.3. The molecule has 0 saturated carbocycles. The van der Waals surface area contributed by atoms with Crippen LogP contribution in [0.15, 0.2) is 13.6 Å². The largest absolute Gasteiger partial charge is 0.275 e. The number of hydrogen-bond acceptors (Lipinski definition) is 1. The van der Waals surface area contributed by atoms with Crippen molar-refractivity contribution >= 4 is 43.2 Å². The smallest absolute Gasteiger partial charge is 0.201 e. The van der Waals surface area contributed by atoms with E-state index < -0.39 is 5.92 Å². The number of hydrogen-bond donors (Lipinski definition) is 0. The first-order valence-corrected chi connectivity index (χ1v) is 7.20. The second kappa shape index (κ2) is 5.73. The van der Waals surface area contributed by atoms with Crippen LogP contribution >= 0.6 is 43.2 Å². The molecule has 0 nitrogen and oxygen atoms in total. The summed E-state index contributed by atoms with van der Waals surface area (Å²) >= 11 is 7.67. The second-order valence-electron chi connectivity index (χ2n) is 3.40. The van der Waals surface area contributed by atoms with E-state index in [1.54, 1.807) is 0 Å². The molecule has 0 radical (unpaired) electrons. The molecule has 0 amide bonds.